The molecule has 2 N–H and O–H groups in total. The van der Waals surface area contributed by atoms with Crippen LogP contribution in [-0.2, 0) is 4.52 Å². The second kappa shape index (κ2) is 4.47. The normalized spacial score (nSPS) is 14.1. The monoisotopic (exact) mass is 123 g/mol. The van der Waals surface area contributed by atoms with Gasteiger partial charge >= 0.3 is 0 Å². The summed E-state index contributed by atoms with van der Waals surface area (Å²) in [4.78, 5) is 8.59. The van der Waals surface area contributed by atoms with Crippen LogP contribution >= 0.6 is 8.53 Å². The van der Waals surface area contributed by atoms with Gasteiger partial charge in [0.15, 0.2) is 0 Å². The molecule has 0 aromatic heterocycles. The zero-order valence-electron chi connectivity index (χ0n) is 4.51. The van der Waals surface area contributed by atoms with E-state index in [2.05, 4.69) is 5.09 Å². The predicted molar refractivity (Wildman–Crippen MR) is 29.8 cm³/mol. The van der Waals surface area contributed by atoms with Gasteiger partial charge < -0.3 is 9.42 Å². The lowest BCUT2D eigenvalue weighted by Gasteiger charge is -2.03. The zero-order valence-corrected chi connectivity index (χ0v) is 5.40. The van der Waals surface area contributed by atoms with Crippen molar-refractivity contribution in [2.45, 2.75) is 6.92 Å². The third-order valence-electron chi connectivity index (χ3n) is 0.443. The average Bonchev–Trinajstić information content (AvgIpc) is 1.68. The third kappa shape index (κ3) is 4.16. The molecule has 0 saturated heterocycles. The summed E-state index contributed by atoms with van der Waals surface area (Å²) in [7, 11) is 0.326. The van der Waals surface area contributed by atoms with Crippen LogP contribution in [0.1, 0.15) is 6.92 Å². The molecule has 0 aliphatic heterocycles. The Kier molecular flexibility index (Phi) is 4.67. The summed E-state index contributed by atoms with van der Waals surface area (Å²) in [5.74, 6) is 0. The minimum absolute atomic E-state index is 0.559. The van der Waals surface area contributed by atoms with Gasteiger partial charge in [-0.15, -0.1) is 0 Å². The van der Waals surface area contributed by atoms with E-state index in [1.54, 1.807) is 7.05 Å². The van der Waals surface area contributed by atoms with Crippen molar-refractivity contribution in [2.24, 2.45) is 0 Å². The molecule has 0 heterocycles. The van der Waals surface area contributed by atoms with Crippen LogP contribution in [0.15, 0.2) is 0 Å². The summed E-state index contributed by atoms with van der Waals surface area (Å²) < 4.78 is 4.70. The molecular formula is C3H10NO2P. The van der Waals surface area contributed by atoms with Gasteiger partial charge in [-0.1, -0.05) is 0 Å². The second-order valence-electron chi connectivity index (χ2n) is 0.914. The average molecular weight is 123 g/mol. The molecule has 1 atom stereocenters. The molecular weight excluding hydrogens is 113 g/mol. The molecule has 7 heavy (non-hydrogen) atoms. The van der Waals surface area contributed by atoms with Gasteiger partial charge in [0.05, 0.1) is 6.61 Å². The van der Waals surface area contributed by atoms with Crippen LogP contribution in [0, 0.1) is 0 Å². The maximum Gasteiger partial charge on any atom is 0.252 e. The van der Waals surface area contributed by atoms with Gasteiger partial charge in [-0.05, 0) is 14.0 Å². The van der Waals surface area contributed by atoms with Crippen LogP contribution in [0.5, 0.6) is 0 Å². The summed E-state index contributed by atoms with van der Waals surface area (Å²) in [6.45, 7) is 2.39. The van der Waals surface area contributed by atoms with Crippen LogP contribution < -0.4 is 5.09 Å². The smallest absolute Gasteiger partial charge is 0.252 e. The van der Waals surface area contributed by atoms with E-state index in [1.807, 2.05) is 6.92 Å². The highest BCUT2D eigenvalue weighted by molar-refractivity contribution is 7.43. The van der Waals surface area contributed by atoms with Gasteiger partial charge in [-0.25, -0.2) is 0 Å². The Hall–Kier alpha value is 0.310. The molecule has 0 unspecified atom stereocenters. The minimum Gasteiger partial charge on any atom is -0.338 e. The molecule has 3 nitrogen and oxygen atoms in total. The Morgan fingerprint density at radius 3 is 2.57 bits per heavy atom. The van der Waals surface area contributed by atoms with E-state index in [-0.39, 0.29) is 0 Å². The Bertz CT molecular complexity index is 43.9. The van der Waals surface area contributed by atoms with Crippen molar-refractivity contribution in [3.8, 4) is 0 Å². The van der Waals surface area contributed by atoms with Gasteiger partial charge in [0.2, 0.25) is 0 Å². The second-order valence-corrected chi connectivity index (χ2v) is 2.17. The molecule has 0 aliphatic carbocycles. The molecule has 0 amide bonds. The molecule has 0 radical (unpaired) electrons. The summed E-state index contributed by atoms with van der Waals surface area (Å²) in [5, 5.41) is 2.56. The van der Waals surface area contributed by atoms with E-state index < -0.39 is 8.53 Å². The van der Waals surface area contributed by atoms with Crippen LogP contribution in [0.25, 0.3) is 0 Å². The van der Waals surface area contributed by atoms with Crippen molar-refractivity contribution in [3.05, 3.63) is 0 Å². The molecule has 0 fully saturated rings. The fourth-order valence-electron chi connectivity index (χ4n) is 0.187. The van der Waals surface area contributed by atoms with Gasteiger partial charge in [0.1, 0.15) is 0 Å². The SMILES string of the molecule is CCO[P@@](O)NC. The quantitative estimate of drug-likeness (QED) is 0.536. The number of rotatable bonds is 3. The fourth-order valence-corrected chi connectivity index (χ4v) is 0.561. The molecule has 0 saturated carbocycles. The first-order chi connectivity index (χ1) is 3.31. The largest absolute Gasteiger partial charge is 0.338 e. The van der Waals surface area contributed by atoms with Crippen molar-refractivity contribution in [1.82, 2.24) is 5.09 Å². The third-order valence-corrected chi connectivity index (χ3v) is 1.33. The first-order valence-corrected chi connectivity index (χ1v) is 3.31. The highest BCUT2D eigenvalue weighted by atomic mass is 31.2. The van der Waals surface area contributed by atoms with E-state index in [0.717, 1.165) is 0 Å². The van der Waals surface area contributed by atoms with Gasteiger partial charge in [-0.2, -0.15) is 0 Å². The molecule has 0 bridgehead atoms. The molecule has 4 heteroatoms. The lowest BCUT2D eigenvalue weighted by molar-refractivity contribution is 0.323. The van der Waals surface area contributed by atoms with Crippen molar-refractivity contribution in [1.29, 1.82) is 0 Å². The number of hydrogen-bond acceptors (Lipinski definition) is 3. The highest BCUT2D eigenvalue weighted by Gasteiger charge is 1.94. The molecule has 0 spiro atoms. The van der Waals surface area contributed by atoms with Crippen molar-refractivity contribution in [3.63, 3.8) is 0 Å². The van der Waals surface area contributed by atoms with Gasteiger partial charge in [0, 0.05) is 0 Å². The fraction of sp³-hybridized carbons (Fsp3) is 1.00. The lowest BCUT2D eigenvalue weighted by Crippen LogP contribution is -1.99. The summed E-state index contributed by atoms with van der Waals surface area (Å²) in [6.07, 6.45) is 0. The van der Waals surface area contributed by atoms with E-state index >= 15 is 0 Å². The molecule has 0 aromatic rings. The Morgan fingerprint density at radius 2 is 2.43 bits per heavy atom. The lowest BCUT2D eigenvalue weighted by atomic mass is 10.9. The highest BCUT2D eigenvalue weighted by Crippen LogP contribution is 2.22. The minimum atomic E-state index is -1.33. The Labute approximate surface area is 44.7 Å². The Balaban J connectivity index is 2.83. The van der Waals surface area contributed by atoms with Crippen LogP contribution in [-0.4, -0.2) is 18.5 Å². The molecule has 0 aliphatic rings. The van der Waals surface area contributed by atoms with E-state index in [1.165, 1.54) is 0 Å². The van der Waals surface area contributed by atoms with E-state index in [0.29, 0.717) is 6.61 Å². The molecule has 44 valence electrons. The Morgan fingerprint density at radius 1 is 1.86 bits per heavy atom. The molecule has 0 aromatic carbocycles. The van der Waals surface area contributed by atoms with Crippen LogP contribution in [0.3, 0.4) is 0 Å². The standard InChI is InChI=1S/C3H10NO2P/c1-3-6-7(5)4-2/h4-5H,3H2,1-2H3/t7-/m1/s1. The first-order valence-electron chi connectivity index (χ1n) is 2.10. The van der Waals surface area contributed by atoms with E-state index in [4.69, 9.17) is 9.42 Å². The predicted octanol–water partition coefficient (Wildman–Crippen LogP) is 0.462. The molecule has 0 rings (SSSR count). The number of hydrogen-bond donors (Lipinski definition) is 2. The number of nitrogens with one attached hydrogen (secondary N) is 1. The van der Waals surface area contributed by atoms with Crippen molar-refractivity contribution in [2.75, 3.05) is 13.7 Å². The summed E-state index contributed by atoms with van der Waals surface area (Å²) in [5.41, 5.74) is 0. The van der Waals surface area contributed by atoms with Gasteiger partial charge in [-0.3, -0.25) is 5.09 Å². The zero-order chi connectivity index (χ0) is 5.70. The summed E-state index contributed by atoms with van der Waals surface area (Å²) >= 11 is 0. The first kappa shape index (κ1) is 7.31. The topological polar surface area (TPSA) is 41.5 Å². The van der Waals surface area contributed by atoms with Crippen molar-refractivity contribution >= 4 is 8.53 Å². The summed E-state index contributed by atoms with van der Waals surface area (Å²) in [6, 6.07) is 0. The van der Waals surface area contributed by atoms with Gasteiger partial charge in [0.25, 0.3) is 8.53 Å². The van der Waals surface area contributed by atoms with Crippen LogP contribution in [0.4, 0.5) is 0 Å². The van der Waals surface area contributed by atoms with Crippen molar-refractivity contribution < 1.29 is 9.42 Å². The van der Waals surface area contributed by atoms with Crippen LogP contribution in [0.2, 0.25) is 0 Å². The van der Waals surface area contributed by atoms with E-state index in [9.17, 15) is 0 Å². The maximum atomic E-state index is 8.59. The maximum absolute atomic E-state index is 8.59.